The van der Waals surface area contributed by atoms with Crippen LogP contribution in [0.25, 0.3) is 11.3 Å². The van der Waals surface area contributed by atoms with Crippen LogP contribution in [0.5, 0.6) is 0 Å². The molecule has 6 nitrogen and oxygen atoms in total. The van der Waals surface area contributed by atoms with Gasteiger partial charge in [0.15, 0.2) is 5.65 Å². The van der Waals surface area contributed by atoms with E-state index in [2.05, 4.69) is 15.1 Å². The minimum atomic E-state index is 0.845. The molecule has 102 valence electrons. The Bertz CT molecular complexity index is 750. The maximum absolute atomic E-state index is 4.77. The maximum Gasteiger partial charge on any atom is 0.183 e. The highest BCUT2D eigenvalue weighted by Crippen LogP contribution is 2.21. The van der Waals surface area contributed by atoms with Gasteiger partial charge in [-0.2, -0.15) is 10.2 Å². The van der Waals surface area contributed by atoms with Gasteiger partial charge in [0.05, 0.1) is 12.4 Å². The topological polar surface area (TPSA) is 51.3 Å². The van der Waals surface area contributed by atoms with Gasteiger partial charge in [-0.05, 0) is 31.4 Å². The first-order valence-electron chi connectivity index (χ1n) is 6.92. The highest BCUT2D eigenvalue weighted by Gasteiger charge is 2.16. The summed E-state index contributed by atoms with van der Waals surface area (Å²) < 4.78 is 3.63. The summed E-state index contributed by atoms with van der Waals surface area (Å²) in [5, 5.41) is 8.69. The molecule has 3 aromatic heterocycles. The second-order valence-electron chi connectivity index (χ2n) is 5.24. The van der Waals surface area contributed by atoms with E-state index >= 15 is 0 Å². The van der Waals surface area contributed by atoms with E-state index in [0.29, 0.717) is 0 Å². The predicted octanol–water partition coefficient (Wildman–Crippen LogP) is 1.82. The van der Waals surface area contributed by atoms with E-state index in [1.165, 1.54) is 12.8 Å². The molecule has 0 aliphatic carbocycles. The molecule has 1 saturated heterocycles. The van der Waals surface area contributed by atoms with Crippen LogP contribution in [0.4, 0.5) is 5.82 Å². The number of aryl methyl sites for hydroxylation is 1. The summed E-state index contributed by atoms with van der Waals surface area (Å²) in [4.78, 5) is 7.09. The Kier molecular flexibility index (Phi) is 2.48. The number of rotatable bonds is 2. The molecule has 4 heterocycles. The van der Waals surface area contributed by atoms with Crippen LogP contribution in [0.15, 0.2) is 30.9 Å². The molecule has 0 radical (unpaired) electrons. The van der Waals surface area contributed by atoms with E-state index in [1.54, 1.807) is 4.52 Å². The van der Waals surface area contributed by atoms with Crippen LogP contribution in [-0.2, 0) is 0 Å². The van der Waals surface area contributed by atoms with E-state index in [-0.39, 0.29) is 0 Å². The summed E-state index contributed by atoms with van der Waals surface area (Å²) in [6.07, 6.45) is 10.1. The van der Waals surface area contributed by atoms with E-state index in [4.69, 9.17) is 4.98 Å². The minimum absolute atomic E-state index is 0.845. The molecule has 1 aliphatic rings. The summed E-state index contributed by atoms with van der Waals surface area (Å²) in [5.41, 5.74) is 2.89. The van der Waals surface area contributed by atoms with Crippen molar-refractivity contribution in [3.8, 4) is 5.69 Å². The predicted molar refractivity (Wildman–Crippen MR) is 76.3 cm³/mol. The molecule has 0 aromatic carbocycles. The molecule has 0 saturated carbocycles. The quantitative estimate of drug-likeness (QED) is 0.711. The van der Waals surface area contributed by atoms with Crippen LogP contribution < -0.4 is 4.90 Å². The molecule has 1 aliphatic heterocycles. The van der Waals surface area contributed by atoms with Gasteiger partial charge >= 0.3 is 0 Å². The molecule has 0 spiro atoms. The van der Waals surface area contributed by atoms with Gasteiger partial charge in [-0.25, -0.2) is 14.2 Å². The standard InChI is InChI=1S/C14H16N6/c1-11-8-15-20(10-11)12-9-16-19-7-4-13(17-14(12)19)18-5-2-3-6-18/h4,7-10H,2-3,5-6H2,1H3. The highest BCUT2D eigenvalue weighted by atomic mass is 15.3. The molecule has 1 fully saturated rings. The minimum Gasteiger partial charge on any atom is -0.356 e. The lowest BCUT2D eigenvalue weighted by Gasteiger charge is -2.16. The Morgan fingerprint density at radius 2 is 1.95 bits per heavy atom. The van der Waals surface area contributed by atoms with E-state index in [0.717, 1.165) is 35.8 Å². The van der Waals surface area contributed by atoms with Gasteiger partial charge in [-0.15, -0.1) is 0 Å². The summed E-state index contributed by atoms with van der Waals surface area (Å²) >= 11 is 0. The van der Waals surface area contributed by atoms with Crippen LogP contribution in [0, 0.1) is 6.92 Å². The molecule has 0 amide bonds. The molecule has 0 unspecified atom stereocenters. The molecular weight excluding hydrogens is 252 g/mol. The first kappa shape index (κ1) is 11.5. The third kappa shape index (κ3) is 1.76. The zero-order valence-electron chi connectivity index (χ0n) is 11.4. The molecule has 0 N–H and O–H groups in total. The number of nitrogens with zero attached hydrogens (tertiary/aromatic N) is 6. The Hall–Kier alpha value is -2.37. The van der Waals surface area contributed by atoms with Gasteiger partial charge in [-0.1, -0.05) is 0 Å². The van der Waals surface area contributed by atoms with Gasteiger partial charge in [0.1, 0.15) is 11.5 Å². The largest absolute Gasteiger partial charge is 0.356 e. The average Bonchev–Trinajstić information content (AvgIpc) is 3.17. The highest BCUT2D eigenvalue weighted by molar-refractivity contribution is 5.60. The van der Waals surface area contributed by atoms with Crippen molar-refractivity contribution in [2.75, 3.05) is 18.0 Å². The average molecular weight is 268 g/mol. The first-order chi connectivity index (χ1) is 9.81. The third-order valence-corrected chi connectivity index (χ3v) is 3.72. The number of hydrogen-bond acceptors (Lipinski definition) is 4. The van der Waals surface area contributed by atoms with E-state index < -0.39 is 0 Å². The molecule has 20 heavy (non-hydrogen) atoms. The van der Waals surface area contributed by atoms with Gasteiger partial charge in [0, 0.05) is 25.5 Å². The number of fused-ring (bicyclic) bond motifs is 1. The van der Waals surface area contributed by atoms with Crippen LogP contribution in [0.1, 0.15) is 18.4 Å². The summed E-state index contributed by atoms with van der Waals surface area (Å²) in [5.74, 6) is 1.03. The van der Waals surface area contributed by atoms with Crippen LogP contribution >= 0.6 is 0 Å². The van der Waals surface area contributed by atoms with Crippen molar-refractivity contribution in [3.63, 3.8) is 0 Å². The second kappa shape index (κ2) is 4.33. The molecular formula is C14H16N6. The molecule has 3 aromatic rings. The smallest absolute Gasteiger partial charge is 0.183 e. The zero-order valence-corrected chi connectivity index (χ0v) is 11.4. The van der Waals surface area contributed by atoms with Crippen LogP contribution in [0.2, 0.25) is 0 Å². The van der Waals surface area contributed by atoms with Gasteiger partial charge in [0.2, 0.25) is 0 Å². The van der Waals surface area contributed by atoms with Crippen molar-refractivity contribution < 1.29 is 0 Å². The van der Waals surface area contributed by atoms with Crippen molar-refractivity contribution in [2.24, 2.45) is 0 Å². The SMILES string of the molecule is Cc1cnn(-c2cnn3ccc(N4CCCC4)nc23)c1. The third-order valence-electron chi connectivity index (χ3n) is 3.72. The lowest BCUT2D eigenvalue weighted by molar-refractivity contribution is 0.878. The summed E-state index contributed by atoms with van der Waals surface area (Å²) in [7, 11) is 0. The number of aromatic nitrogens is 5. The Morgan fingerprint density at radius 1 is 1.10 bits per heavy atom. The van der Waals surface area contributed by atoms with Crippen LogP contribution in [0.3, 0.4) is 0 Å². The first-order valence-corrected chi connectivity index (χ1v) is 6.92. The number of hydrogen-bond donors (Lipinski definition) is 0. The van der Waals surface area contributed by atoms with Gasteiger partial charge < -0.3 is 4.90 Å². The van der Waals surface area contributed by atoms with Crippen molar-refractivity contribution in [3.05, 3.63) is 36.4 Å². The fourth-order valence-corrected chi connectivity index (χ4v) is 2.68. The van der Waals surface area contributed by atoms with E-state index in [1.807, 2.05) is 42.5 Å². The maximum atomic E-state index is 4.77. The molecule has 4 rings (SSSR count). The fraction of sp³-hybridized carbons (Fsp3) is 0.357. The lowest BCUT2D eigenvalue weighted by Crippen LogP contribution is -2.19. The fourth-order valence-electron chi connectivity index (χ4n) is 2.68. The van der Waals surface area contributed by atoms with Crippen molar-refractivity contribution in [2.45, 2.75) is 19.8 Å². The Morgan fingerprint density at radius 3 is 2.70 bits per heavy atom. The van der Waals surface area contributed by atoms with Gasteiger partial charge in [0.25, 0.3) is 0 Å². The lowest BCUT2D eigenvalue weighted by atomic mass is 10.4. The van der Waals surface area contributed by atoms with Crippen molar-refractivity contribution in [1.82, 2.24) is 24.4 Å². The normalized spacial score (nSPS) is 15.3. The van der Waals surface area contributed by atoms with Crippen molar-refractivity contribution >= 4 is 11.5 Å². The second-order valence-corrected chi connectivity index (χ2v) is 5.24. The summed E-state index contributed by atoms with van der Waals surface area (Å²) in [6.45, 7) is 4.21. The molecule has 0 bridgehead atoms. The summed E-state index contributed by atoms with van der Waals surface area (Å²) in [6, 6.07) is 2.03. The number of anilines is 1. The van der Waals surface area contributed by atoms with Crippen LogP contribution in [-0.4, -0.2) is 37.5 Å². The monoisotopic (exact) mass is 268 g/mol. The zero-order chi connectivity index (χ0) is 13.5. The van der Waals surface area contributed by atoms with Gasteiger partial charge in [-0.3, -0.25) is 0 Å². The Balaban J connectivity index is 1.83. The molecule has 6 heteroatoms. The molecule has 0 atom stereocenters. The van der Waals surface area contributed by atoms with E-state index in [9.17, 15) is 0 Å². The van der Waals surface area contributed by atoms with Crippen molar-refractivity contribution in [1.29, 1.82) is 0 Å². The Labute approximate surface area is 116 Å².